The Morgan fingerprint density at radius 2 is 1.94 bits per heavy atom. The standard InChI is InChI=1S/C25H18BrN3O7/c1-33-20-9-6-14(26)10-17(20)24-16-8-7-15(11-22(16)36-25(28)18(24)12-27)35-23(30)13-34-21-5-3-2-4-19(21)29(31)32/h2-11,24H,13,28H2,1H3. The van der Waals surface area contributed by atoms with Crippen LogP contribution in [-0.2, 0) is 4.79 Å². The highest BCUT2D eigenvalue weighted by atomic mass is 79.9. The van der Waals surface area contributed by atoms with Gasteiger partial charge >= 0.3 is 11.7 Å². The van der Waals surface area contributed by atoms with E-state index in [4.69, 9.17) is 24.7 Å². The van der Waals surface area contributed by atoms with Crippen LogP contribution in [0.3, 0.4) is 0 Å². The second-order valence-corrected chi connectivity index (χ2v) is 8.41. The Bertz CT molecular complexity index is 1430. The normalized spacial score (nSPS) is 14.2. The molecule has 0 bridgehead atoms. The number of nitriles is 1. The number of hydrogen-bond donors (Lipinski definition) is 1. The van der Waals surface area contributed by atoms with Crippen molar-refractivity contribution in [2.45, 2.75) is 5.92 Å². The van der Waals surface area contributed by atoms with Gasteiger partial charge in [0.2, 0.25) is 5.88 Å². The van der Waals surface area contributed by atoms with E-state index in [1.165, 1.54) is 31.4 Å². The monoisotopic (exact) mass is 551 g/mol. The van der Waals surface area contributed by atoms with Crippen LogP contribution in [-0.4, -0.2) is 24.6 Å². The first-order valence-electron chi connectivity index (χ1n) is 10.4. The van der Waals surface area contributed by atoms with Gasteiger partial charge in [0.1, 0.15) is 28.9 Å². The van der Waals surface area contributed by atoms with Crippen LogP contribution >= 0.6 is 15.9 Å². The van der Waals surface area contributed by atoms with Crippen molar-refractivity contribution >= 4 is 27.6 Å². The average molecular weight is 552 g/mol. The minimum atomic E-state index is -0.782. The van der Waals surface area contributed by atoms with Gasteiger partial charge in [0.05, 0.1) is 18.0 Å². The summed E-state index contributed by atoms with van der Waals surface area (Å²) in [5.41, 5.74) is 7.32. The molecule has 2 N–H and O–H groups in total. The fourth-order valence-corrected chi connectivity index (χ4v) is 4.16. The number of hydrogen-bond acceptors (Lipinski definition) is 9. The molecule has 0 aromatic heterocycles. The summed E-state index contributed by atoms with van der Waals surface area (Å²) in [6, 6.07) is 17.9. The van der Waals surface area contributed by atoms with Crippen molar-refractivity contribution in [1.29, 1.82) is 5.26 Å². The zero-order valence-corrected chi connectivity index (χ0v) is 20.4. The molecular weight excluding hydrogens is 534 g/mol. The van der Waals surface area contributed by atoms with Crippen LogP contribution < -0.4 is 24.7 Å². The summed E-state index contributed by atoms with van der Waals surface area (Å²) in [5.74, 6) is -0.518. The van der Waals surface area contributed by atoms with E-state index in [1.54, 1.807) is 24.3 Å². The molecule has 1 heterocycles. The van der Waals surface area contributed by atoms with Crippen molar-refractivity contribution < 1.29 is 28.7 Å². The third kappa shape index (κ3) is 4.94. The molecule has 11 heteroatoms. The van der Waals surface area contributed by atoms with Crippen molar-refractivity contribution in [2.24, 2.45) is 5.73 Å². The lowest BCUT2D eigenvalue weighted by atomic mass is 9.83. The van der Waals surface area contributed by atoms with Gasteiger partial charge in [-0.2, -0.15) is 5.26 Å². The highest BCUT2D eigenvalue weighted by molar-refractivity contribution is 9.10. The van der Waals surface area contributed by atoms with Crippen molar-refractivity contribution in [2.75, 3.05) is 13.7 Å². The Hall–Kier alpha value is -4.56. The summed E-state index contributed by atoms with van der Waals surface area (Å²) in [7, 11) is 1.53. The maximum absolute atomic E-state index is 12.3. The van der Waals surface area contributed by atoms with E-state index in [0.29, 0.717) is 22.6 Å². The second kappa shape index (κ2) is 10.4. The molecule has 1 aliphatic heterocycles. The van der Waals surface area contributed by atoms with Gasteiger partial charge in [-0.15, -0.1) is 0 Å². The molecule has 1 unspecified atom stereocenters. The number of nitro groups is 1. The number of allylic oxidation sites excluding steroid dienone is 1. The third-order valence-corrected chi connectivity index (χ3v) is 5.83. The van der Waals surface area contributed by atoms with Crippen LogP contribution in [0.4, 0.5) is 5.69 Å². The van der Waals surface area contributed by atoms with Crippen LogP contribution in [0.2, 0.25) is 0 Å². The number of methoxy groups -OCH3 is 1. The molecule has 0 saturated heterocycles. The SMILES string of the molecule is COc1ccc(Br)cc1C1C(C#N)=C(N)Oc2cc(OC(=O)COc3ccccc3[N+](=O)[O-])ccc21. The van der Waals surface area contributed by atoms with Gasteiger partial charge in [-0.1, -0.05) is 34.1 Å². The fourth-order valence-electron chi connectivity index (χ4n) is 3.78. The molecule has 1 atom stereocenters. The summed E-state index contributed by atoms with van der Waals surface area (Å²) in [6.07, 6.45) is 0. The number of esters is 1. The van der Waals surface area contributed by atoms with Crippen LogP contribution in [0.15, 0.2) is 76.6 Å². The molecule has 0 amide bonds. The van der Waals surface area contributed by atoms with Gasteiger partial charge in [-0.25, -0.2) is 4.79 Å². The average Bonchev–Trinajstić information content (AvgIpc) is 2.86. The molecule has 182 valence electrons. The van der Waals surface area contributed by atoms with E-state index >= 15 is 0 Å². The van der Waals surface area contributed by atoms with E-state index in [1.807, 2.05) is 12.1 Å². The van der Waals surface area contributed by atoms with Crippen LogP contribution in [0.5, 0.6) is 23.0 Å². The van der Waals surface area contributed by atoms with Gasteiger partial charge in [0.15, 0.2) is 12.4 Å². The van der Waals surface area contributed by atoms with Gasteiger partial charge in [-0.05, 0) is 30.3 Å². The number of carbonyl (C=O) groups is 1. The maximum atomic E-state index is 12.3. The van der Waals surface area contributed by atoms with Crippen LogP contribution in [0, 0.1) is 21.4 Å². The number of ether oxygens (including phenoxy) is 4. The lowest BCUT2D eigenvalue weighted by Crippen LogP contribution is -2.22. The maximum Gasteiger partial charge on any atom is 0.349 e. The zero-order chi connectivity index (χ0) is 25.8. The summed E-state index contributed by atoms with van der Waals surface area (Å²) in [4.78, 5) is 22.8. The van der Waals surface area contributed by atoms with Gasteiger partial charge in [0.25, 0.3) is 0 Å². The Balaban J connectivity index is 1.59. The Morgan fingerprint density at radius 1 is 1.17 bits per heavy atom. The summed E-state index contributed by atoms with van der Waals surface area (Å²) in [5, 5.41) is 20.9. The lowest BCUT2D eigenvalue weighted by Gasteiger charge is -2.27. The number of halogens is 1. The topological polar surface area (TPSA) is 147 Å². The molecule has 1 aliphatic rings. The van der Waals surface area contributed by atoms with Gasteiger partial charge in [0, 0.05) is 27.7 Å². The molecule has 0 saturated carbocycles. The summed E-state index contributed by atoms with van der Waals surface area (Å²) >= 11 is 3.45. The largest absolute Gasteiger partial charge is 0.496 e. The molecule has 36 heavy (non-hydrogen) atoms. The highest BCUT2D eigenvalue weighted by Crippen LogP contribution is 2.46. The minimum absolute atomic E-state index is 0.0546. The fraction of sp³-hybridized carbons (Fsp3) is 0.120. The number of nitrogens with zero attached hydrogens (tertiary/aromatic N) is 2. The molecule has 10 nitrogen and oxygen atoms in total. The summed E-state index contributed by atoms with van der Waals surface area (Å²) < 4.78 is 22.6. The lowest BCUT2D eigenvalue weighted by molar-refractivity contribution is -0.385. The Labute approximate surface area is 213 Å². The predicted molar refractivity (Wildman–Crippen MR) is 131 cm³/mol. The molecule has 0 fully saturated rings. The van der Waals surface area contributed by atoms with Crippen LogP contribution in [0.1, 0.15) is 17.0 Å². The number of nitro benzene ring substituents is 1. The van der Waals surface area contributed by atoms with E-state index in [2.05, 4.69) is 22.0 Å². The van der Waals surface area contributed by atoms with E-state index in [-0.39, 0.29) is 28.6 Å². The Kier molecular flexibility index (Phi) is 7.07. The van der Waals surface area contributed by atoms with Crippen molar-refractivity contribution in [3.05, 3.63) is 97.8 Å². The number of benzene rings is 3. The molecule has 0 spiro atoms. The predicted octanol–water partition coefficient (Wildman–Crippen LogP) is 4.57. The first kappa shape index (κ1) is 24.6. The van der Waals surface area contributed by atoms with E-state index < -0.39 is 23.4 Å². The number of para-hydroxylation sites is 2. The molecule has 3 aromatic rings. The van der Waals surface area contributed by atoms with Crippen molar-refractivity contribution in [1.82, 2.24) is 0 Å². The first-order chi connectivity index (χ1) is 17.3. The van der Waals surface area contributed by atoms with E-state index in [0.717, 1.165) is 4.47 Å². The zero-order valence-electron chi connectivity index (χ0n) is 18.8. The Morgan fingerprint density at radius 3 is 2.67 bits per heavy atom. The molecule has 3 aromatic carbocycles. The van der Waals surface area contributed by atoms with Crippen molar-refractivity contribution in [3.8, 4) is 29.1 Å². The number of nitrogens with two attached hydrogens (primary N) is 1. The minimum Gasteiger partial charge on any atom is -0.496 e. The molecule has 0 radical (unpaired) electrons. The number of rotatable bonds is 7. The molecule has 4 rings (SSSR count). The highest BCUT2D eigenvalue weighted by Gasteiger charge is 2.33. The van der Waals surface area contributed by atoms with Gasteiger partial charge < -0.3 is 24.7 Å². The van der Waals surface area contributed by atoms with Crippen LogP contribution in [0.25, 0.3) is 0 Å². The molecule has 0 aliphatic carbocycles. The second-order valence-electron chi connectivity index (χ2n) is 7.50. The quantitative estimate of drug-likeness (QED) is 0.193. The third-order valence-electron chi connectivity index (χ3n) is 5.33. The number of fused-ring (bicyclic) bond motifs is 1. The number of carbonyl (C=O) groups excluding carboxylic acids is 1. The van der Waals surface area contributed by atoms with Crippen molar-refractivity contribution in [3.63, 3.8) is 0 Å². The van der Waals surface area contributed by atoms with E-state index in [9.17, 15) is 20.2 Å². The summed E-state index contributed by atoms with van der Waals surface area (Å²) in [6.45, 7) is -0.554. The van der Waals surface area contributed by atoms with Gasteiger partial charge in [-0.3, -0.25) is 10.1 Å². The smallest absolute Gasteiger partial charge is 0.349 e. The first-order valence-corrected chi connectivity index (χ1v) is 11.2. The molecular formula is C25H18BrN3O7.